The van der Waals surface area contributed by atoms with Gasteiger partial charge < -0.3 is 15.7 Å². The molecule has 0 amide bonds. The number of aliphatic hydroxyl groups is 1. The van der Waals surface area contributed by atoms with Gasteiger partial charge in [-0.3, -0.25) is 4.90 Å². The molecule has 1 aromatic rings. The number of anilines is 1. The number of benzene rings is 1. The van der Waals surface area contributed by atoms with E-state index in [0.29, 0.717) is 4.99 Å². The van der Waals surface area contributed by atoms with Crippen LogP contribution in [0.5, 0.6) is 0 Å². The fourth-order valence-corrected chi connectivity index (χ4v) is 2.64. The highest BCUT2D eigenvalue weighted by atomic mass is 32.1. The topological polar surface area (TPSA) is 52.7 Å². The minimum Gasteiger partial charge on any atom is -0.395 e. The summed E-state index contributed by atoms with van der Waals surface area (Å²) in [4.78, 5) is 5.05. The normalized spacial score (nSPS) is 16.6. The van der Waals surface area contributed by atoms with Gasteiger partial charge in [-0.25, -0.2) is 0 Å². The molecular weight excluding hydrogens is 258 g/mol. The lowest BCUT2D eigenvalue weighted by Gasteiger charge is -2.36. The van der Waals surface area contributed by atoms with Gasteiger partial charge in [-0.15, -0.1) is 0 Å². The van der Waals surface area contributed by atoms with E-state index in [1.165, 1.54) is 5.56 Å². The van der Waals surface area contributed by atoms with Gasteiger partial charge >= 0.3 is 0 Å². The second-order valence-corrected chi connectivity index (χ2v) is 5.38. The quantitative estimate of drug-likeness (QED) is 0.796. The molecule has 1 saturated heterocycles. The lowest BCUT2D eigenvalue weighted by Crippen LogP contribution is -2.47. The Balaban J connectivity index is 2.13. The minimum absolute atomic E-state index is 0.225. The Kier molecular flexibility index (Phi) is 4.74. The van der Waals surface area contributed by atoms with Crippen LogP contribution in [0.4, 0.5) is 5.69 Å². The molecule has 0 unspecified atom stereocenters. The molecule has 0 aliphatic carbocycles. The first-order valence-electron chi connectivity index (χ1n) is 6.60. The highest BCUT2D eigenvalue weighted by Gasteiger charge is 2.19. The number of aliphatic hydroxyl groups excluding tert-OH is 1. The van der Waals surface area contributed by atoms with Crippen LogP contribution in [-0.4, -0.2) is 54.3 Å². The molecule has 19 heavy (non-hydrogen) atoms. The van der Waals surface area contributed by atoms with Crippen LogP contribution < -0.4 is 10.6 Å². The van der Waals surface area contributed by atoms with Crippen LogP contribution in [0.3, 0.4) is 0 Å². The number of thiocarbonyl (C=S) groups is 1. The number of hydrogen-bond acceptors (Lipinski definition) is 4. The second kappa shape index (κ2) is 6.32. The second-order valence-electron chi connectivity index (χ2n) is 4.94. The van der Waals surface area contributed by atoms with Gasteiger partial charge in [-0.1, -0.05) is 23.8 Å². The predicted molar refractivity (Wildman–Crippen MR) is 82.8 cm³/mol. The van der Waals surface area contributed by atoms with Crippen molar-refractivity contribution in [2.75, 3.05) is 44.2 Å². The van der Waals surface area contributed by atoms with Gasteiger partial charge in [0, 0.05) is 44.0 Å². The third-order valence-electron chi connectivity index (χ3n) is 3.55. The van der Waals surface area contributed by atoms with Crippen molar-refractivity contribution in [2.45, 2.75) is 6.92 Å². The molecule has 3 N–H and O–H groups in total. The van der Waals surface area contributed by atoms with Crippen molar-refractivity contribution in [3.8, 4) is 0 Å². The Morgan fingerprint density at radius 1 is 1.32 bits per heavy atom. The van der Waals surface area contributed by atoms with Crippen LogP contribution >= 0.6 is 12.2 Å². The van der Waals surface area contributed by atoms with Gasteiger partial charge in [-0.05, 0) is 19.1 Å². The van der Waals surface area contributed by atoms with E-state index in [1.807, 2.05) is 6.92 Å². The fraction of sp³-hybridized carbons (Fsp3) is 0.500. The summed E-state index contributed by atoms with van der Waals surface area (Å²) >= 11 is 5.15. The Bertz CT molecular complexity index is 456. The maximum Gasteiger partial charge on any atom is 0.106 e. The zero-order valence-corrected chi connectivity index (χ0v) is 12.1. The Hall–Kier alpha value is -1.17. The molecule has 0 atom stereocenters. The number of nitrogens with two attached hydrogens (primary N) is 1. The lowest BCUT2D eigenvalue weighted by atomic mass is 10.1. The van der Waals surface area contributed by atoms with Crippen LogP contribution in [0.2, 0.25) is 0 Å². The average Bonchev–Trinajstić information content (AvgIpc) is 2.40. The SMILES string of the molecule is Cc1ccc(N2CCN(CCO)CC2)c(C(N)=S)c1. The molecule has 0 bridgehead atoms. The van der Waals surface area contributed by atoms with E-state index >= 15 is 0 Å². The minimum atomic E-state index is 0.225. The third kappa shape index (κ3) is 3.43. The largest absolute Gasteiger partial charge is 0.395 e. The molecule has 104 valence electrons. The highest BCUT2D eigenvalue weighted by molar-refractivity contribution is 7.80. The number of β-amino-alcohol motifs (C(OH)–C–C–N with tert-alkyl or cyclic N) is 1. The fourth-order valence-electron chi connectivity index (χ4n) is 2.48. The van der Waals surface area contributed by atoms with E-state index in [9.17, 15) is 0 Å². The van der Waals surface area contributed by atoms with E-state index in [1.54, 1.807) is 0 Å². The average molecular weight is 279 g/mol. The van der Waals surface area contributed by atoms with Gasteiger partial charge in [-0.2, -0.15) is 0 Å². The summed E-state index contributed by atoms with van der Waals surface area (Å²) in [6.07, 6.45) is 0. The monoisotopic (exact) mass is 279 g/mol. The van der Waals surface area contributed by atoms with Crippen LogP contribution in [0.15, 0.2) is 18.2 Å². The van der Waals surface area contributed by atoms with Crippen molar-refractivity contribution in [1.29, 1.82) is 0 Å². The summed E-state index contributed by atoms with van der Waals surface area (Å²) < 4.78 is 0. The molecule has 0 aromatic heterocycles. The third-order valence-corrected chi connectivity index (χ3v) is 3.77. The van der Waals surface area contributed by atoms with Gasteiger partial charge in [0.2, 0.25) is 0 Å². The van der Waals surface area contributed by atoms with Gasteiger partial charge in [0.25, 0.3) is 0 Å². The van der Waals surface area contributed by atoms with Crippen molar-refractivity contribution in [3.05, 3.63) is 29.3 Å². The summed E-state index contributed by atoms with van der Waals surface area (Å²) in [7, 11) is 0. The molecule has 1 aromatic carbocycles. The highest BCUT2D eigenvalue weighted by Crippen LogP contribution is 2.23. The summed E-state index contributed by atoms with van der Waals surface area (Å²) in [6.45, 7) is 6.84. The first kappa shape index (κ1) is 14.2. The van der Waals surface area contributed by atoms with Crippen LogP contribution in [-0.2, 0) is 0 Å². The maximum absolute atomic E-state index is 8.96. The zero-order valence-electron chi connectivity index (χ0n) is 11.3. The Morgan fingerprint density at radius 3 is 2.58 bits per heavy atom. The van der Waals surface area contributed by atoms with Crippen molar-refractivity contribution in [1.82, 2.24) is 4.90 Å². The molecule has 4 nitrogen and oxygen atoms in total. The molecule has 0 radical (unpaired) electrons. The van der Waals surface area contributed by atoms with Crippen LogP contribution in [0.25, 0.3) is 0 Å². The number of nitrogens with zero attached hydrogens (tertiary/aromatic N) is 2. The van der Waals surface area contributed by atoms with E-state index < -0.39 is 0 Å². The van der Waals surface area contributed by atoms with Crippen LogP contribution in [0.1, 0.15) is 11.1 Å². The van der Waals surface area contributed by atoms with Crippen molar-refractivity contribution < 1.29 is 5.11 Å². The molecule has 1 heterocycles. The molecular formula is C14H21N3OS. The lowest BCUT2D eigenvalue weighted by molar-refractivity contribution is 0.189. The molecule has 1 fully saturated rings. The molecule has 5 heteroatoms. The standard InChI is InChI=1S/C14H21N3OS/c1-11-2-3-13(12(10-11)14(15)19)17-6-4-16(5-7-17)8-9-18/h2-3,10,18H,4-9H2,1H3,(H2,15,19). The number of rotatable bonds is 4. The number of aryl methyl sites for hydroxylation is 1. The van der Waals surface area contributed by atoms with Gasteiger partial charge in [0.1, 0.15) is 4.99 Å². The van der Waals surface area contributed by atoms with Crippen LogP contribution in [0, 0.1) is 6.92 Å². The molecule has 2 rings (SSSR count). The van der Waals surface area contributed by atoms with Crippen molar-refractivity contribution in [2.24, 2.45) is 5.73 Å². The smallest absolute Gasteiger partial charge is 0.106 e. The van der Waals surface area contributed by atoms with Crippen molar-refractivity contribution in [3.63, 3.8) is 0 Å². The van der Waals surface area contributed by atoms with E-state index in [4.69, 9.17) is 23.1 Å². The Labute approximate surface area is 119 Å². The van der Waals surface area contributed by atoms with Gasteiger partial charge in [0.15, 0.2) is 0 Å². The molecule has 0 saturated carbocycles. The first-order valence-corrected chi connectivity index (χ1v) is 7.01. The van der Waals surface area contributed by atoms with E-state index in [-0.39, 0.29) is 6.61 Å². The molecule has 0 spiro atoms. The number of piperazine rings is 1. The molecule has 1 aliphatic heterocycles. The van der Waals surface area contributed by atoms with Gasteiger partial charge in [0.05, 0.1) is 6.61 Å². The summed E-state index contributed by atoms with van der Waals surface area (Å²) in [5, 5.41) is 8.96. The first-order chi connectivity index (χ1) is 9.11. The van der Waals surface area contributed by atoms with E-state index in [0.717, 1.165) is 44.0 Å². The number of hydrogen-bond donors (Lipinski definition) is 2. The Morgan fingerprint density at radius 2 is 2.00 bits per heavy atom. The van der Waals surface area contributed by atoms with E-state index in [2.05, 4.69) is 28.0 Å². The van der Waals surface area contributed by atoms with Crippen molar-refractivity contribution >= 4 is 22.9 Å². The summed E-state index contributed by atoms with van der Waals surface area (Å²) in [5.74, 6) is 0. The summed E-state index contributed by atoms with van der Waals surface area (Å²) in [5.41, 5.74) is 9.09. The predicted octanol–water partition coefficient (Wildman–Crippen LogP) is 0.744. The maximum atomic E-state index is 8.96. The molecule has 1 aliphatic rings. The zero-order chi connectivity index (χ0) is 13.8. The summed E-state index contributed by atoms with van der Waals surface area (Å²) in [6, 6.07) is 6.25.